The van der Waals surface area contributed by atoms with Crippen molar-refractivity contribution in [1.29, 1.82) is 0 Å². The zero-order valence-corrected chi connectivity index (χ0v) is 37.8. The average Bonchev–Trinajstić information content (AvgIpc) is 3.22. The molecule has 0 N–H and O–H groups in total. The number of allylic oxidation sites excluding steroid dienone is 16. The molecule has 0 aliphatic rings. The zero-order valence-electron chi connectivity index (χ0n) is 37.8. The lowest BCUT2D eigenvalue weighted by Gasteiger charge is -2.18. The Morgan fingerprint density at radius 2 is 0.845 bits per heavy atom. The van der Waals surface area contributed by atoms with Crippen molar-refractivity contribution in [3.63, 3.8) is 0 Å². The highest BCUT2D eigenvalue weighted by Gasteiger charge is 2.17. The van der Waals surface area contributed by atoms with Gasteiger partial charge in [0.05, 0.1) is 6.61 Å². The van der Waals surface area contributed by atoms with Gasteiger partial charge in [0.2, 0.25) is 0 Å². The van der Waals surface area contributed by atoms with Crippen LogP contribution in [0.5, 0.6) is 0 Å². The van der Waals surface area contributed by atoms with E-state index in [4.69, 9.17) is 14.2 Å². The van der Waals surface area contributed by atoms with E-state index >= 15 is 0 Å². The molecule has 1 unspecified atom stereocenters. The first-order valence-electron chi connectivity index (χ1n) is 23.8. The van der Waals surface area contributed by atoms with Gasteiger partial charge in [-0.3, -0.25) is 9.59 Å². The molecule has 0 heterocycles. The van der Waals surface area contributed by atoms with Gasteiger partial charge in [-0.1, -0.05) is 182 Å². The second-order valence-corrected chi connectivity index (χ2v) is 15.3. The molecule has 0 aliphatic carbocycles. The highest BCUT2D eigenvalue weighted by molar-refractivity contribution is 5.70. The third-order valence-corrected chi connectivity index (χ3v) is 9.57. The number of carbonyl (C=O) groups is 2. The van der Waals surface area contributed by atoms with Crippen molar-refractivity contribution in [1.82, 2.24) is 0 Å². The van der Waals surface area contributed by atoms with Crippen LogP contribution in [0.1, 0.15) is 201 Å². The monoisotopic (exact) mass is 805 g/mol. The van der Waals surface area contributed by atoms with Crippen LogP contribution < -0.4 is 0 Å². The smallest absolute Gasteiger partial charge is 0.306 e. The predicted molar refractivity (Wildman–Crippen MR) is 251 cm³/mol. The van der Waals surface area contributed by atoms with Crippen LogP contribution in [0.2, 0.25) is 0 Å². The van der Waals surface area contributed by atoms with Crippen LogP contribution in [0.25, 0.3) is 0 Å². The second-order valence-electron chi connectivity index (χ2n) is 15.3. The summed E-state index contributed by atoms with van der Waals surface area (Å²) in [4.78, 5) is 25.3. The molecule has 0 saturated heterocycles. The molecular weight excluding hydrogens is 717 g/mol. The van der Waals surface area contributed by atoms with Crippen LogP contribution in [0.15, 0.2) is 97.2 Å². The topological polar surface area (TPSA) is 61.8 Å². The van der Waals surface area contributed by atoms with E-state index in [1.807, 2.05) is 6.08 Å². The predicted octanol–water partition coefficient (Wildman–Crippen LogP) is 15.9. The molecule has 1 atom stereocenters. The summed E-state index contributed by atoms with van der Waals surface area (Å²) in [5.74, 6) is -0.519. The number of rotatable bonds is 42. The minimum atomic E-state index is -0.589. The molecule has 0 aromatic rings. The van der Waals surface area contributed by atoms with E-state index in [1.165, 1.54) is 77.0 Å². The van der Waals surface area contributed by atoms with Crippen LogP contribution in [0, 0.1) is 0 Å². The normalized spacial score (nSPS) is 13.1. The molecule has 5 heteroatoms. The summed E-state index contributed by atoms with van der Waals surface area (Å²) in [5, 5.41) is 0. The molecule has 0 aliphatic heterocycles. The van der Waals surface area contributed by atoms with Crippen molar-refractivity contribution >= 4 is 11.9 Å². The lowest BCUT2D eigenvalue weighted by atomic mass is 10.1. The first-order chi connectivity index (χ1) is 28.6. The summed E-state index contributed by atoms with van der Waals surface area (Å²) in [5.41, 5.74) is 0. The molecule has 0 rings (SSSR count). The van der Waals surface area contributed by atoms with Crippen LogP contribution in [0.3, 0.4) is 0 Å². The Kier molecular flexibility index (Phi) is 45.5. The van der Waals surface area contributed by atoms with E-state index in [9.17, 15) is 9.59 Å². The average molecular weight is 805 g/mol. The second kappa shape index (κ2) is 48.2. The SMILES string of the molecule is CC/C=C\C/C=C\C/C=C\C/C=C\CCC(=O)OC(COCCCCCCCC/C=C\C/C=C\CCC)COC(=O)CCCCCCC/C=C\C/C=C\CCCCC. The largest absolute Gasteiger partial charge is 0.462 e. The highest BCUT2D eigenvalue weighted by Crippen LogP contribution is 2.11. The number of hydrogen-bond acceptors (Lipinski definition) is 5. The Hall–Kier alpha value is -3.18. The van der Waals surface area contributed by atoms with E-state index in [0.717, 1.165) is 83.5 Å². The lowest BCUT2D eigenvalue weighted by molar-refractivity contribution is -0.162. The van der Waals surface area contributed by atoms with Gasteiger partial charge < -0.3 is 14.2 Å². The molecule has 5 nitrogen and oxygen atoms in total. The van der Waals surface area contributed by atoms with E-state index in [-0.39, 0.29) is 31.6 Å². The van der Waals surface area contributed by atoms with Gasteiger partial charge in [-0.2, -0.15) is 0 Å². The van der Waals surface area contributed by atoms with Crippen molar-refractivity contribution in [3.05, 3.63) is 97.2 Å². The van der Waals surface area contributed by atoms with Gasteiger partial charge >= 0.3 is 11.9 Å². The minimum Gasteiger partial charge on any atom is -0.462 e. The van der Waals surface area contributed by atoms with Gasteiger partial charge in [-0.05, 0) is 103 Å². The fourth-order valence-corrected chi connectivity index (χ4v) is 6.06. The number of ether oxygens (including phenoxy) is 3. The fraction of sp³-hybridized carbons (Fsp3) is 0.660. The molecule has 0 radical (unpaired) electrons. The number of unbranched alkanes of at least 4 members (excludes halogenated alkanes) is 15. The maximum absolute atomic E-state index is 12.7. The summed E-state index contributed by atoms with van der Waals surface area (Å²) in [6, 6.07) is 0. The molecule has 58 heavy (non-hydrogen) atoms. The van der Waals surface area contributed by atoms with Gasteiger partial charge in [0.25, 0.3) is 0 Å². The Morgan fingerprint density at radius 1 is 0.397 bits per heavy atom. The van der Waals surface area contributed by atoms with Gasteiger partial charge in [-0.15, -0.1) is 0 Å². The Balaban J connectivity index is 4.41. The van der Waals surface area contributed by atoms with Crippen LogP contribution in [0.4, 0.5) is 0 Å². The molecule has 0 aromatic heterocycles. The van der Waals surface area contributed by atoms with Gasteiger partial charge in [-0.25, -0.2) is 0 Å². The van der Waals surface area contributed by atoms with Crippen LogP contribution in [-0.2, 0) is 23.8 Å². The Morgan fingerprint density at radius 3 is 1.38 bits per heavy atom. The standard InChI is InChI=1S/C53H88O5/c1-4-7-10-13-16-19-22-25-27-29-31-34-37-40-43-46-52(54)57-50-51(49-56-48-45-42-39-36-33-30-26-23-20-17-14-11-8-5-2)58-53(55)47-44-41-38-35-32-28-24-21-18-15-12-9-6-3/h9,11-12,14,16,18-21,23,25,27-28,32,38,41,51H,4-8,10,13,15,17,22,24,26,29-31,33-37,39-40,42-50H2,1-3H3/b12-9-,14-11-,19-16-,21-18-,23-20-,27-25-,32-28-,41-38-. The summed E-state index contributed by atoms with van der Waals surface area (Å²) in [6.07, 6.45) is 64.2. The van der Waals surface area contributed by atoms with Gasteiger partial charge in [0, 0.05) is 19.4 Å². The van der Waals surface area contributed by atoms with E-state index in [1.54, 1.807) is 0 Å². The molecular formula is C53H88O5. The first kappa shape index (κ1) is 54.8. The third kappa shape index (κ3) is 45.5. The summed E-state index contributed by atoms with van der Waals surface area (Å²) in [7, 11) is 0. The van der Waals surface area contributed by atoms with Gasteiger partial charge in [0.15, 0.2) is 6.10 Å². The maximum atomic E-state index is 12.7. The minimum absolute atomic E-state index is 0.0400. The first-order valence-corrected chi connectivity index (χ1v) is 23.8. The van der Waals surface area contributed by atoms with Crippen molar-refractivity contribution in [3.8, 4) is 0 Å². The van der Waals surface area contributed by atoms with Crippen molar-refractivity contribution in [2.75, 3.05) is 19.8 Å². The molecule has 0 bridgehead atoms. The molecule has 330 valence electrons. The highest BCUT2D eigenvalue weighted by atomic mass is 16.6. The fourth-order valence-electron chi connectivity index (χ4n) is 6.06. The van der Waals surface area contributed by atoms with E-state index in [2.05, 4.69) is 112 Å². The summed E-state index contributed by atoms with van der Waals surface area (Å²) in [6.45, 7) is 7.49. The van der Waals surface area contributed by atoms with Crippen molar-refractivity contribution in [2.45, 2.75) is 207 Å². The molecule has 0 fully saturated rings. The van der Waals surface area contributed by atoms with Crippen molar-refractivity contribution in [2.24, 2.45) is 0 Å². The quantitative estimate of drug-likeness (QED) is 0.0349. The summed E-state index contributed by atoms with van der Waals surface area (Å²) >= 11 is 0. The van der Waals surface area contributed by atoms with E-state index < -0.39 is 6.10 Å². The zero-order chi connectivity index (χ0) is 42.1. The van der Waals surface area contributed by atoms with Crippen LogP contribution in [-0.4, -0.2) is 37.9 Å². The van der Waals surface area contributed by atoms with E-state index in [0.29, 0.717) is 19.4 Å². The third-order valence-electron chi connectivity index (χ3n) is 9.57. The maximum Gasteiger partial charge on any atom is 0.306 e. The lowest BCUT2D eigenvalue weighted by Crippen LogP contribution is -2.30. The molecule has 0 saturated carbocycles. The molecule has 0 spiro atoms. The Bertz CT molecular complexity index is 1140. The van der Waals surface area contributed by atoms with Crippen LogP contribution >= 0.6 is 0 Å². The Labute approximate surface area is 358 Å². The molecule has 0 amide bonds. The van der Waals surface area contributed by atoms with Crippen molar-refractivity contribution < 1.29 is 23.8 Å². The number of hydrogen-bond donors (Lipinski definition) is 0. The number of carbonyl (C=O) groups excluding carboxylic acids is 2. The molecule has 0 aromatic carbocycles. The number of esters is 2. The van der Waals surface area contributed by atoms with Gasteiger partial charge in [0.1, 0.15) is 6.61 Å². The summed E-state index contributed by atoms with van der Waals surface area (Å²) < 4.78 is 17.2.